The highest BCUT2D eigenvalue weighted by Gasteiger charge is 2.56. The first-order valence-corrected chi connectivity index (χ1v) is 9.16. The Morgan fingerprint density at radius 3 is 1.62 bits per heavy atom. The van der Waals surface area contributed by atoms with Crippen molar-refractivity contribution < 1.29 is 8.85 Å². The third-order valence-corrected chi connectivity index (χ3v) is 9.42. The summed E-state index contributed by atoms with van der Waals surface area (Å²) in [7, 11) is 1.82. The lowest BCUT2D eigenvalue weighted by Crippen LogP contribution is -2.55. The maximum absolute atomic E-state index is 5.83. The van der Waals surface area contributed by atoms with E-state index in [9.17, 15) is 0 Å². The van der Waals surface area contributed by atoms with Crippen molar-refractivity contribution in [3.05, 3.63) is 0 Å². The second-order valence-electron chi connectivity index (χ2n) is 6.38. The van der Waals surface area contributed by atoms with E-state index in [2.05, 4.69) is 6.55 Å². The zero-order valence-corrected chi connectivity index (χ0v) is 11.7. The van der Waals surface area contributed by atoms with Crippen LogP contribution in [0.4, 0.5) is 0 Å². The molecule has 0 atom stereocenters. The van der Waals surface area contributed by atoms with Gasteiger partial charge in [-0.25, -0.2) is 0 Å². The predicted molar refractivity (Wildman–Crippen MR) is 66.4 cm³/mol. The summed E-state index contributed by atoms with van der Waals surface area (Å²) >= 11 is 0. The Labute approximate surface area is 100.0 Å². The molecule has 0 aromatic carbocycles. The molecule has 0 N–H and O–H groups in total. The van der Waals surface area contributed by atoms with Crippen LogP contribution in [0.2, 0.25) is 12.1 Å². The molecule has 4 bridgehead atoms. The molecule has 0 spiro atoms. The zero-order chi connectivity index (χ0) is 11.3. The van der Waals surface area contributed by atoms with Crippen LogP contribution in [0.5, 0.6) is 0 Å². The molecule has 3 heteroatoms. The average molecular weight is 240 g/mol. The fourth-order valence-corrected chi connectivity index (χ4v) is 8.10. The van der Waals surface area contributed by atoms with Crippen molar-refractivity contribution in [2.75, 3.05) is 14.2 Å². The largest absolute Gasteiger partial charge is 0.398 e. The molecule has 92 valence electrons. The molecule has 0 unspecified atom stereocenters. The minimum Gasteiger partial charge on any atom is -0.398 e. The highest BCUT2D eigenvalue weighted by molar-refractivity contribution is 6.67. The van der Waals surface area contributed by atoms with Crippen LogP contribution in [0.25, 0.3) is 0 Å². The summed E-state index contributed by atoms with van der Waals surface area (Å²) in [5.74, 6) is 3.94. The van der Waals surface area contributed by atoms with Gasteiger partial charge in [0.2, 0.25) is 0 Å². The van der Waals surface area contributed by atoms with Crippen molar-refractivity contribution in [3.63, 3.8) is 0 Å². The summed E-state index contributed by atoms with van der Waals surface area (Å²) in [6.07, 6.45) is 7.39. The van der Waals surface area contributed by atoms with Crippen molar-refractivity contribution >= 4 is 8.56 Å². The Balaban J connectivity index is 1.86. The van der Waals surface area contributed by atoms with Gasteiger partial charge in [0, 0.05) is 19.8 Å². The fourth-order valence-electron chi connectivity index (χ4n) is 5.14. The normalized spacial score (nSPS) is 46.3. The topological polar surface area (TPSA) is 18.5 Å². The smallest absolute Gasteiger partial charge is 0.338 e. The van der Waals surface area contributed by atoms with Gasteiger partial charge in [-0.15, -0.1) is 0 Å². The fraction of sp³-hybridized carbons (Fsp3) is 1.00. The van der Waals surface area contributed by atoms with Crippen LogP contribution in [0, 0.1) is 23.7 Å². The van der Waals surface area contributed by atoms with Crippen molar-refractivity contribution in [1.29, 1.82) is 0 Å². The van der Waals surface area contributed by atoms with Crippen molar-refractivity contribution in [3.8, 4) is 0 Å². The lowest BCUT2D eigenvalue weighted by atomic mass is 9.56. The molecule has 4 aliphatic carbocycles. The lowest BCUT2D eigenvalue weighted by molar-refractivity contribution is 0.00249. The molecule has 2 nitrogen and oxygen atoms in total. The lowest BCUT2D eigenvalue weighted by Gasteiger charge is -2.57. The van der Waals surface area contributed by atoms with Gasteiger partial charge < -0.3 is 8.85 Å². The molecule has 0 aromatic rings. The predicted octanol–water partition coefficient (Wildman–Crippen LogP) is 3.18. The van der Waals surface area contributed by atoms with Crippen LogP contribution in [-0.2, 0) is 8.85 Å². The molecule has 0 aromatic heterocycles. The first kappa shape index (κ1) is 11.2. The van der Waals surface area contributed by atoms with E-state index in [0.29, 0.717) is 0 Å². The molecular formula is C13H24O2Si. The summed E-state index contributed by atoms with van der Waals surface area (Å²) in [5.41, 5.74) is 0.773. The Bertz CT molecular complexity index is 247. The van der Waals surface area contributed by atoms with E-state index in [1.807, 2.05) is 14.2 Å². The Kier molecular flexibility index (Phi) is 2.68. The number of hydrogen-bond donors (Lipinski definition) is 0. The highest BCUT2D eigenvalue weighted by atomic mass is 28.4. The third kappa shape index (κ3) is 1.51. The van der Waals surface area contributed by atoms with Crippen molar-refractivity contribution in [2.24, 2.45) is 23.7 Å². The molecular weight excluding hydrogens is 216 g/mol. The van der Waals surface area contributed by atoms with E-state index in [0.717, 1.165) is 29.2 Å². The van der Waals surface area contributed by atoms with Crippen LogP contribution < -0.4 is 0 Å². The molecule has 0 heterocycles. The summed E-state index contributed by atoms with van der Waals surface area (Å²) in [4.78, 5) is 0. The minimum absolute atomic E-state index is 0.773. The standard InChI is InChI=1S/C13H24O2Si/c1-14-16(3,15-2)13-11-5-9-4-10(7-11)8-12(13)6-9/h9-13H,4-8H2,1-3H3. The van der Waals surface area contributed by atoms with E-state index in [1.54, 1.807) is 0 Å². The van der Waals surface area contributed by atoms with Crippen molar-refractivity contribution in [2.45, 2.75) is 44.2 Å². The molecule has 16 heavy (non-hydrogen) atoms. The van der Waals surface area contributed by atoms with Gasteiger partial charge in [-0.3, -0.25) is 0 Å². The van der Waals surface area contributed by atoms with Gasteiger partial charge in [-0.2, -0.15) is 0 Å². The van der Waals surface area contributed by atoms with Crippen LogP contribution in [0.1, 0.15) is 32.1 Å². The Morgan fingerprint density at radius 2 is 1.25 bits per heavy atom. The van der Waals surface area contributed by atoms with E-state index < -0.39 is 8.56 Å². The molecule has 4 saturated carbocycles. The van der Waals surface area contributed by atoms with E-state index in [1.165, 1.54) is 32.1 Å². The van der Waals surface area contributed by atoms with Gasteiger partial charge in [0.05, 0.1) is 0 Å². The minimum atomic E-state index is -1.90. The van der Waals surface area contributed by atoms with Gasteiger partial charge in [0.15, 0.2) is 0 Å². The van der Waals surface area contributed by atoms with Crippen LogP contribution >= 0.6 is 0 Å². The summed E-state index contributed by atoms with van der Waals surface area (Å²) < 4.78 is 11.7. The van der Waals surface area contributed by atoms with Crippen LogP contribution in [-0.4, -0.2) is 22.8 Å². The molecule has 0 amide bonds. The van der Waals surface area contributed by atoms with E-state index >= 15 is 0 Å². The van der Waals surface area contributed by atoms with Crippen LogP contribution in [0.15, 0.2) is 0 Å². The molecule has 0 saturated heterocycles. The third-order valence-electron chi connectivity index (χ3n) is 5.64. The molecule has 4 fully saturated rings. The van der Waals surface area contributed by atoms with E-state index in [-0.39, 0.29) is 0 Å². The first-order chi connectivity index (χ1) is 7.66. The average Bonchev–Trinajstić information content (AvgIpc) is 2.27. The zero-order valence-electron chi connectivity index (χ0n) is 10.7. The van der Waals surface area contributed by atoms with Gasteiger partial charge in [-0.05, 0) is 62.3 Å². The Morgan fingerprint density at radius 1 is 0.812 bits per heavy atom. The summed E-state index contributed by atoms with van der Waals surface area (Å²) in [5, 5.41) is 0. The molecule has 0 radical (unpaired) electrons. The quantitative estimate of drug-likeness (QED) is 0.705. The molecule has 0 aliphatic heterocycles. The highest BCUT2D eigenvalue weighted by Crippen LogP contribution is 2.61. The summed E-state index contributed by atoms with van der Waals surface area (Å²) in [6.45, 7) is 2.28. The second-order valence-corrected chi connectivity index (χ2v) is 9.90. The first-order valence-electron chi connectivity index (χ1n) is 6.76. The maximum atomic E-state index is 5.83. The maximum Gasteiger partial charge on any atom is 0.338 e. The summed E-state index contributed by atoms with van der Waals surface area (Å²) in [6, 6.07) is 0. The number of hydrogen-bond acceptors (Lipinski definition) is 2. The van der Waals surface area contributed by atoms with Crippen LogP contribution in [0.3, 0.4) is 0 Å². The number of rotatable bonds is 3. The van der Waals surface area contributed by atoms with Gasteiger partial charge >= 0.3 is 8.56 Å². The SMILES string of the molecule is CO[Si](C)(OC)C1C2CC3CC(C2)CC1C3. The van der Waals surface area contributed by atoms with Crippen molar-refractivity contribution in [1.82, 2.24) is 0 Å². The Hall–Kier alpha value is 0.137. The molecule has 4 rings (SSSR count). The van der Waals surface area contributed by atoms with E-state index in [4.69, 9.17) is 8.85 Å². The molecule has 4 aliphatic rings. The van der Waals surface area contributed by atoms with Gasteiger partial charge in [0.25, 0.3) is 0 Å². The van der Waals surface area contributed by atoms with Gasteiger partial charge in [-0.1, -0.05) is 0 Å². The monoisotopic (exact) mass is 240 g/mol. The second kappa shape index (κ2) is 3.82. The van der Waals surface area contributed by atoms with Gasteiger partial charge in [0.1, 0.15) is 0 Å².